The average molecular weight is 393 g/mol. The number of fused-ring (bicyclic) bond motifs is 1. The van der Waals surface area contributed by atoms with Gasteiger partial charge in [-0.25, -0.2) is 0 Å². The number of benzene rings is 2. The maximum atomic E-state index is 13.1. The minimum atomic E-state index is -0.156. The van der Waals surface area contributed by atoms with Gasteiger partial charge in [0.15, 0.2) is 5.76 Å². The van der Waals surface area contributed by atoms with E-state index in [0.29, 0.717) is 35.1 Å². The van der Waals surface area contributed by atoms with Crippen LogP contribution in [0.4, 0.5) is 0 Å². The molecule has 1 unspecified atom stereocenters. The number of hydrogen-bond donors (Lipinski definition) is 1. The van der Waals surface area contributed by atoms with Crippen molar-refractivity contribution in [1.82, 2.24) is 4.90 Å². The molecule has 0 saturated carbocycles. The third-order valence-electron chi connectivity index (χ3n) is 5.77. The Bertz CT molecular complexity index is 979. The molecule has 0 radical (unpaired) electrons. The fourth-order valence-electron chi connectivity index (χ4n) is 4.31. The van der Waals surface area contributed by atoms with E-state index in [0.717, 1.165) is 30.6 Å². The zero-order chi connectivity index (χ0) is 20.5. The van der Waals surface area contributed by atoms with Gasteiger partial charge in [0.25, 0.3) is 0 Å². The van der Waals surface area contributed by atoms with Crippen molar-refractivity contribution in [2.24, 2.45) is 5.92 Å². The number of Topliss-reactive ketones (excluding diaryl/α,β-unsaturated/α-hetero) is 1. The summed E-state index contributed by atoms with van der Waals surface area (Å²) in [5, 5.41) is 10.6. The minimum absolute atomic E-state index is 0.156. The molecular formula is C24H27NO4. The second-order valence-corrected chi connectivity index (χ2v) is 8.06. The van der Waals surface area contributed by atoms with Crippen molar-refractivity contribution in [2.45, 2.75) is 33.2 Å². The number of aryl methyl sites for hydroxylation is 1. The molecule has 5 heteroatoms. The van der Waals surface area contributed by atoms with Gasteiger partial charge in [-0.05, 0) is 56.0 Å². The second kappa shape index (κ2) is 7.91. The van der Waals surface area contributed by atoms with E-state index in [1.807, 2.05) is 31.2 Å². The number of aromatic hydroxyl groups is 1. The lowest BCUT2D eigenvalue weighted by Gasteiger charge is -2.31. The second-order valence-electron chi connectivity index (χ2n) is 8.06. The van der Waals surface area contributed by atoms with Crippen LogP contribution in [0.25, 0.3) is 6.08 Å². The summed E-state index contributed by atoms with van der Waals surface area (Å²) in [5.74, 6) is 2.09. The first-order chi connectivity index (χ1) is 14.0. The molecule has 29 heavy (non-hydrogen) atoms. The molecule has 2 aliphatic rings. The van der Waals surface area contributed by atoms with Crippen LogP contribution in [0.3, 0.4) is 0 Å². The summed E-state index contributed by atoms with van der Waals surface area (Å²) in [6, 6.07) is 9.17. The molecule has 1 atom stereocenters. The Morgan fingerprint density at radius 3 is 2.90 bits per heavy atom. The molecule has 152 valence electrons. The maximum absolute atomic E-state index is 13.1. The van der Waals surface area contributed by atoms with Gasteiger partial charge in [0, 0.05) is 18.7 Å². The standard InChI is InChI=1S/C24H27NO4/c1-15-7-6-10-25(13-15)14-18-19(26)11-16(2)22-23(27)21(29-24(18)22)12-17-8-4-5-9-20(17)28-3/h4-5,8-9,11-12,15,26H,6-7,10,13-14H2,1-3H3/b21-12+. The molecule has 0 aromatic heterocycles. The first-order valence-corrected chi connectivity index (χ1v) is 10.1. The number of phenolic OH excluding ortho intramolecular Hbond substituents is 1. The summed E-state index contributed by atoms with van der Waals surface area (Å²) in [6.45, 7) is 6.64. The van der Waals surface area contributed by atoms with E-state index in [1.165, 1.54) is 6.42 Å². The molecule has 1 saturated heterocycles. The van der Waals surface area contributed by atoms with Crippen molar-refractivity contribution in [3.63, 3.8) is 0 Å². The molecular weight excluding hydrogens is 366 g/mol. The van der Waals surface area contributed by atoms with E-state index in [2.05, 4.69) is 11.8 Å². The summed E-state index contributed by atoms with van der Waals surface area (Å²) in [7, 11) is 1.60. The van der Waals surface area contributed by atoms with Gasteiger partial charge in [0.1, 0.15) is 17.2 Å². The van der Waals surface area contributed by atoms with Gasteiger partial charge in [-0.2, -0.15) is 0 Å². The first kappa shape index (κ1) is 19.5. The maximum Gasteiger partial charge on any atom is 0.232 e. The van der Waals surface area contributed by atoms with E-state index >= 15 is 0 Å². The van der Waals surface area contributed by atoms with Crippen LogP contribution >= 0.6 is 0 Å². The first-order valence-electron chi connectivity index (χ1n) is 10.1. The van der Waals surface area contributed by atoms with Crippen LogP contribution < -0.4 is 9.47 Å². The lowest BCUT2D eigenvalue weighted by molar-refractivity contribution is 0.101. The number of methoxy groups -OCH3 is 1. The number of allylic oxidation sites excluding steroid dienone is 1. The van der Waals surface area contributed by atoms with E-state index < -0.39 is 0 Å². The Balaban J connectivity index is 1.71. The molecule has 0 spiro atoms. The molecule has 2 aliphatic heterocycles. The summed E-state index contributed by atoms with van der Waals surface area (Å²) >= 11 is 0. The van der Waals surface area contributed by atoms with Gasteiger partial charge in [0.2, 0.25) is 5.78 Å². The number of phenols is 1. The van der Waals surface area contributed by atoms with Crippen LogP contribution in [0.15, 0.2) is 36.1 Å². The van der Waals surface area contributed by atoms with Crippen LogP contribution in [0, 0.1) is 12.8 Å². The quantitative estimate of drug-likeness (QED) is 0.772. The SMILES string of the molecule is COc1ccccc1/C=C1/Oc2c(CN3CCCC(C)C3)c(O)cc(C)c2C1=O. The van der Waals surface area contributed by atoms with Gasteiger partial charge in [-0.15, -0.1) is 0 Å². The minimum Gasteiger partial charge on any atom is -0.507 e. The van der Waals surface area contributed by atoms with Crippen molar-refractivity contribution in [3.05, 3.63) is 58.3 Å². The highest BCUT2D eigenvalue weighted by Crippen LogP contribution is 2.43. The summed E-state index contributed by atoms with van der Waals surface area (Å²) in [5.41, 5.74) is 2.74. The number of piperidine rings is 1. The molecule has 0 aliphatic carbocycles. The largest absolute Gasteiger partial charge is 0.507 e. The highest BCUT2D eigenvalue weighted by molar-refractivity contribution is 6.16. The number of para-hydroxylation sites is 1. The molecule has 1 fully saturated rings. The Morgan fingerprint density at radius 2 is 2.14 bits per heavy atom. The van der Waals surface area contributed by atoms with Crippen molar-refractivity contribution in [3.8, 4) is 17.2 Å². The van der Waals surface area contributed by atoms with E-state index in [1.54, 1.807) is 19.3 Å². The van der Waals surface area contributed by atoms with E-state index in [9.17, 15) is 9.90 Å². The van der Waals surface area contributed by atoms with Crippen molar-refractivity contribution in [1.29, 1.82) is 0 Å². The highest BCUT2D eigenvalue weighted by atomic mass is 16.5. The summed E-state index contributed by atoms with van der Waals surface area (Å²) in [4.78, 5) is 15.4. The number of carbonyl (C=O) groups excluding carboxylic acids is 1. The predicted octanol–water partition coefficient (Wildman–Crippen LogP) is 4.56. The van der Waals surface area contributed by atoms with Crippen LogP contribution in [0.5, 0.6) is 17.2 Å². The Hall–Kier alpha value is -2.79. The van der Waals surface area contributed by atoms with Crippen molar-refractivity contribution in [2.75, 3.05) is 20.2 Å². The normalized spacial score (nSPS) is 20.6. The van der Waals surface area contributed by atoms with Crippen LogP contribution in [-0.4, -0.2) is 36.0 Å². The number of ketones is 1. The monoisotopic (exact) mass is 393 g/mol. The van der Waals surface area contributed by atoms with Gasteiger partial charge in [-0.1, -0.05) is 25.1 Å². The molecule has 0 bridgehead atoms. The number of rotatable bonds is 4. The number of ether oxygens (including phenoxy) is 2. The predicted molar refractivity (Wildman–Crippen MR) is 112 cm³/mol. The van der Waals surface area contributed by atoms with Crippen molar-refractivity contribution >= 4 is 11.9 Å². The number of hydrogen-bond acceptors (Lipinski definition) is 5. The fourth-order valence-corrected chi connectivity index (χ4v) is 4.31. The Kier molecular flexibility index (Phi) is 5.33. The number of nitrogens with zero attached hydrogens (tertiary/aromatic N) is 1. The number of carbonyl (C=O) groups is 1. The zero-order valence-corrected chi connectivity index (χ0v) is 17.2. The Morgan fingerprint density at radius 1 is 1.34 bits per heavy atom. The van der Waals surface area contributed by atoms with Gasteiger partial charge in [-0.3, -0.25) is 9.69 Å². The molecule has 2 aromatic carbocycles. The smallest absolute Gasteiger partial charge is 0.232 e. The van der Waals surface area contributed by atoms with Crippen LogP contribution in [-0.2, 0) is 6.54 Å². The zero-order valence-electron chi connectivity index (χ0n) is 17.2. The highest BCUT2D eigenvalue weighted by Gasteiger charge is 2.34. The third kappa shape index (κ3) is 3.75. The van der Waals surface area contributed by atoms with Gasteiger partial charge >= 0.3 is 0 Å². The van der Waals surface area contributed by atoms with Crippen LogP contribution in [0.1, 0.15) is 46.8 Å². The molecule has 1 N–H and O–H groups in total. The molecule has 4 rings (SSSR count). The third-order valence-corrected chi connectivity index (χ3v) is 5.77. The summed E-state index contributed by atoms with van der Waals surface area (Å²) < 4.78 is 11.4. The molecule has 0 amide bonds. The lowest BCUT2D eigenvalue weighted by Crippen LogP contribution is -2.33. The van der Waals surface area contributed by atoms with Crippen molar-refractivity contribution < 1.29 is 19.4 Å². The fraction of sp³-hybridized carbons (Fsp3) is 0.375. The average Bonchev–Trinajstić information content (AvgIpc) is 3.02. The van der Waals surface area contributed by atoms with E-state index in [4.69, 9.17) is 9.47 Å². The van der Waals surface area contributed by atoms with Crippen LogP contribution in [0.2, 0.25) is 0 Å². The number of likely N-dealkylation sites (tertiary alicyclic amines) is 1. The van der Waals surface area contributed by atoms with E-state index in [-0.39, 0.29) is 17.3 Å². The summed E-state index contributed by atoms with van der Waals surface area (Å²) in [6.07, 6.45) is 4.09. The topological polar surface area (TPSA) is 59.0 Å². The molecule has 5 nitrogen and oxygen atoms in total. The Labute approximate surface area is 171 Å². The van der Waals surface area contributed by atoms with Gasteiger partial charge < -0.3 is 14.6 Å². The molecule has 2 aromatic rings. The lowest BCUT2D eigenvalue weighted by atomic mass is 9.97. The molecule has 2 heterocycles. The van der Waals surface area contributed by atoms with Gasteiger partial charge in [0.05, 0.1) is 18.2 Å².